The molecule has 1 fully saturated rings. The molecule has 1 aromatic heterocycles. The molecular formula is C25H44N2O5Si. The lowest BCUT2D eigenvalue weighted by Crippen LogP contribution is -2.40. The lowest BCUT2D eigenvalue weighted by Gasteiger charge is -2.36. The summed E-state index contributed by atoms with van der Waals surface area (Å²) in [5.74, 6) is 0. The Labute approximate surface area is 201 Å². The first-order valence-corrected chi connectivity index (χ1v) is 15.0. The fraction of sp³-hybridized carbons (Fsp3) is 0.760. The maximum absolute atomic E-state index is 12.9. The van der Waals surface area contributed by atoms with Gasteiger partial charge in [0.1, 0.15) is 5.60 Å². The molecule has 0 saturated carbocycles. The number of nitrogens with zero attached hydrogens (tertiary/aromatic N) is 2. The number of carbonyl (C=O) groups is 1. The molecule has 1 saturated heterocycles. The lowest BCUT2D eigenvalue weighted by atomic mass is 10.2. The van der Waals surface area contributed by atoms with Crippen molar-refractivity contribution in [3.63, 3.8) is 0 Å². The number of hydrogen-bond acceptors (Lipinski definition) is 6. The second-order valence-electron chi connectivity index (χ2n) is 11.2. The summed E-state index contributed by atoms with van der Waals surface area (Å²) in [6.45, 7) is 19.1. The minimum absolute atomic E-state index is 0.139. The minimum Gasteiger partial charge on any atom is -0.444 e. The van der Waals surface area contributed by atoms with Gasteiger partial charge in [0.25, 0.3) is 0 Å². The van der Waals surface area contributed by atoms with Crippen LogP contribution in [0.3, 0.4) is 0 Å². The van der Waals surface area contributed by atoms with Gasteiger partial charge in [-0.15, -0.1) is 0 Å². The fourth-order valence-electron chi connectivity index (χ4n) is 3.06. The molecule has 2 heterocycles. The fourth-order valence-corrected chi connectivity index (χ4v) is 4.00. The number of carbonyl (C=O) groups excluding carboxylic acids is 1. The van der Waals surface area contributed by atoms with E-state index in [9.17, 15) is 4.79 Å². The van der Waals surface area contributed by atoms with Crippen molar-refractivity contribution in [1.29, 1.82) is 0 Å². The molecule has 0 spiro atoms. The van der Waals surface area contributed by atoms with Crippen LogP contribution in [0.25, 0.3) is 0 Å². The molecule has 1 aliphatic heterocycles. The molecule has 0 bridgehead atoms. The van der Waals surface area contributed by atoms with Crippen molar-refractivity contribution in [2.75, 3.05) is 19.8 Å². The van der Waals surface area contributed by atoms with Crippen LogP contribution in [0.4, 0.5) is 4.79 Å². The molecule has 1 aromatic rings. The molecule has 7 nitrogen and oxygen atoms in total. The standard InChI is InChI=1S/C25H44N2O5Si/c1-24(2,3)32-23(28)27(15-17-30-22-14-9-10-16-29-22)18-20-12-11-13-21(26-20)19-31-33(7,8)25(4,5)6/h11-13,22H,9-10,14-19H2,1-8H3. The highest BCUT2D eigenvalue weighted by molar-refractivity contribution is 6.74. The van der Waals surface area contributed by atoms with Crippen molar-refractivity contribution in [3.05, 3.63) is 29.6 Å². The van der Waals surface area contributed by atoms with E-state index in [0.29, 0.717) is 26.3 Å². The summed E-state index contributed by atoms with van der Waals surface area (Å²) in [5.41, 5.74) is 1.09. The Morgan fingerprint density at radius 1 is 1.15 bits per heavy atom. The Hall–Kier alpha value is -1.48. The third-order valence-corrected chi connectivity index (χ3v) is 10.5. The maximum atomic E-state index is 12.9. The number of hydrogen-bond donors (Lipinski definition) is 0. The van der Waals surface area contributed by atoms with Gasteiger partial charge in [-0.1, -0.05) is 26.8 Å². The molecule has 1 unspecified atom stereocenters. The highest BCUT2D eigenvalue weighted by Gasteiger charge is 2.37. The Kier molecular flexibility index (Phi) is 9.91. The van der Waals surface area contributed by atoms with Crippen molar-refractivity contribution in [1.82, 2.24) is 9.88 Å². The smallest absolute Gasteiger partial charge is 0.410 e. The van der Waals surface area contributed by atoms with Crippen LogP contribution in [0.5, 0.6) is 0 Å². The van der Waals surface area contributed by atoms with E-state index in [2.05, 4.69) is 33.9 Å². The number of ether oxygens (including phenoxy) is 3. The molecule has 2 rings (SSSR count). The molecule has 0 N–H and O–H groups in total. The highest BCUT2D eigenvalue weighted by atomic mass is 28.4. The van der Waals surface area contributed by atoms with E-state index >= 15 is 0 Å². The quantitative estimate of drug-likeness (QED) is 0.411. The van der Waals surface area contributed by atoms with E-state index < -0.39 is 13.9 Å². The van der Waals surface area contributed by atoms with Crippen LogP contribution in [-0.2, 0) is 31.8 Å². The number of amides is 1. The summed E-state index contributed by atoms with van der Waals surface area (Å²) in [6, 6.07) is 5.86. The van der Waals surface area contributed by atoms with Crippen LogP contribution in [-0.4, -0.2) is 55.9 Å². The molecule has 0 aliphatic carbocycles. The Balaban J connectivity index is 2.02. The lowest BCUT2D eigenvalue weighted by molar-refractivity contribution is -0.164. The summed E-state index contributed by atoms with van der Waals surface area (Å²) >= 11 is 0. The normalized spacial score (nSPS) is 17.6. The Morgan fingerprint density at radius 3 is 2.45 bits per heavy atom. The molecule has 33 heavy (non-hydrogen) atoms. The first-order valence-electron chi connectivity index (χ1n) is 12.1. The molecule has 188 valence electrons. The van der Waals surface area contributed by atoms with Gasteiger partial charge >= 0.3 is 6.09 Å². The van der Waals surface area contributed by atoms with E-state index in [1.54, 1.807) is 4.90 Å². The molecule has 1 atom stereocenters. The monoisotopic (exact) mass is 480 g/mol. The van der Waals surface area contributed by atoms with Crippen molar-refractivity contribution < 1.29 is 23.4 Å². The number of aromatic nitrogens is 1. The van der Waals surface area contributed by atoms with Crippen molar-refractivity contribution in [2.24, 2.45) is 0 Å². The first kappa shape index (κ1) is 27.8. The predicted molar refractivity (Wildman–Crippen MR) is 132 cm³/mol. The van der Waals surface area contributed by atoms with Crippen LogP contribution in [0, 0.1) is 0 Å². The number of pyridine rings is 1. The van der Waals surface area contributed by atoms with E-state index in [0.717, 1.165) is 37.3 Å². The van der Waals surface area contributed by atoms with Gasteiger partial charge in [0.05, 0.1) is 31.1 Å². The average Bonchev–Trinajstić information content (AvgIpc) is 2.70. The largest absolute Gasteiger partial charge is 0.444 e. The van der Waals surface area contributed by atoms with Crippen LogP contribution in [0.15, 0.2) is 18.2 Å². The van der Waals surface area contributed by atoms with Gasteiger partial charge in [-0.2, -0.15) is 0 Å². The zero-order valence-electron chi connectivity index (χ0n) is 21.9. The van der Waals surface area contributed by atoms with Crippen LogP contribution in [0.1, 0.15) is 72.2 Å². The van der Waals surface area contributed by atoms with E-state index in [4.69, 9.17) is 23.6 Å². The molecule has 0 aromatic carbocycles. The first-order chi connectivity index (χ1) is 15.3. The SMILES string of the molecule is CC(C)(C)OC(=O)N(CCOC1CCCCO1)Cc1cccc(CO[Si](C)(C)C(C)(C)C)n1. The summed E-state index contributed by atoms with van der Waals surface area (Å²) < 4.78 is 23.4. The maximum Gasteiger partial charge on any atom is 0.410 e. The third kappa shape index (κ3) is 9.72. The summed E-state index contributed by atoms with van der Waals surface area (Å²) in [5, 5.41) is 0.139. The van der Waals surface area contributed by atoms with Crippen LogP contribution in [0.2, 0.25) is 18.1 Å². The summed E-state index contributed by atoms with van der Waals surface area (Å²) in [4.78, 5) is 19.3. The second kappa shape index (κ2) is 11.8. The topological polar surface area (TPSA) is 70.1 Å². The van der Waals surface area contributed by atoms with Gasteiger partial charge < -0.3 is 18.6 Å². The van der Waals surface area contributed by atoms with Crippen LogP contribution >= 0.6 is 0 Å². The Morgan fingerprint density at radius 2 is 1.85 bits per heavy atom. The average molecular weight is 481 g/mol. The van der Waals surface area contributed by atoms with Gasteiger partial charge in [0.2, 0.25) is 0 Å². The molecule has 1 amide bonds. The highest BCUT2D eigenvalue weighted by Crippen LogP contribution is 2.37. The van der Waals surface area contributed by atoms with Crippen molar-refractivity contribution in [2.45, 2.75) is 104 Å². The Bertz CT molecular complexity index is 752. The van der Waals surface area contributed by atoms with Gasteiger partial charge in [-0.25, -0.2) is 4.79 Å². The zero-order valence-corrected chi connectivity index (χ0v) is 22.9. The number of rotatable bonds is 9. The van der Waals surface area contributed by atoms with Crippen molar-refractivity contribution >= 4 is 14.4 Å². The summed E-state index contributed by atoms with van der Waals surface area (Å²) in [6.07, 6.45) is 2.51. The van der Waals surface area contributed by atoms with Gasteiger partial charge in [-0.3, -0.25) is 9.88 Å². The van der Waals surface area contributed by atoms with E-state index in [1.807, 2.05) is 39.0 Å². The zero-order chi connectivity index (χ0) is 24.7. The molecular weight excluding hydrogens is 436 g/mol. The second-order valence-corrected chi connectivity index (χ2v) is 16.0. The van der Waals surface area contributed by atoms with E-state index in [1.165, 1.54) is 0 Å². The van der Waals surface area contributed by atoms with Crippen molar-refractivity contribution in [3.8, 4) is 0 Å². The van der Waals surface area contributed by atoms with Gasteiger partial charge in [0.15, 0.2) is 14.6 Å². The van der Waals surface area contributed by atoms with E-state index in [-0.39, 0.29) is 17.4 Å². The molecule has 1 aliphatic rings. The summed E-state index contributed by atoms with van der Waals surface area (Å²) in [7, 11) is -1.87. The van der Waals surface area contributed by atoms with Crippen LogP contribution < -0.4 is 0 Å². The predicted octanol–water partition coefficient (Wildman–Crippen LogP) is 5.88. The molecule has 8 heteroatoms. The molecule has 0 radical (unpaired) electrons. The minimum atomic E-state index is -1.87. The van der Waals surface area contributed by atoms with Gasteiger partial charge in [-0.05, 0) is 70.3 Å². The van der Waals surface area contributed by atoms with Gasteiger partial charge in [0, 0.05) is 13.2 Å². The third-order valence-electron chi connectivity index (χ3n) is 6.06.